The summed E-state index contributed by atoms with van der Waals surface area (Å²) in [6.07, 6.45) is 1.69. The number of hydrogen-bond donors (Lipinski definition) is 1. The van der Waals surface area contributed by atoms with Crippen LogP contribution in [0.3, 0.4) is 0 Å². The molecule has 0 heterocycles. The molecule has 0 amide bonds. The molecule has 0 spiro atoms. The molecule has 0 saturated carbocycles. The SMILES string of the molecule is Nc1cccc(OCC(=O)OCCCc2ccccc2)c1. The number of nitrogen functional groups attached to an aromatic ring is 1. The van der Waals surface area contributed by atoms with Crippen molar-refractivity contribution in [2.24, 2.45) is 0 Å². The van der Waals surface area contributed by atoms with Crippen LogP contribution in [0, 0.1) is 0 Å². The smallest absolute Gasteiger partial charge is 0.344 e. The van der Waals surface area contributed by atoms with Crippen LogP contribution in [-0.2, 0) is 16.0 Å². The Kier molecular flexibility index (Phi) is 5.64. The van der Waals surface area contributed by atoms with E-state index in [-0.39, 0.29) is 12.6 Å². The molecule has 0 bridgehead atoms. The van der Waals surface area contributed by atoms with Gasteiger partial charge in [-0.05, 0) is 30.5 Å². The largest absolute Gasteiger partial charge is 0.482 e. The summed E-state index contributed by atoms with van der Waals surface area (Å²) >= 11 is 0. The molecule has 110 valence electrons. The number of carbonyl (C=O) groups excluding carboxylic acids is 1. The minimum atomic E-state index is -0.370. The number of ether oxygens (including phenoxy) is 2. The molecule has 0 atom stereocenters. The van der Waals surface area contributed by atoms with Gasteiger partial charge in [-0.1, -0.05) is 36.4 Å². The van der Waals surface area contributed by atoms with Gasteiger partial charge in [0.1, 0.15) is 5.75 Å². The van der Waals surface area contributed by atoms with Gasteiger partial charge < -0.3 is 15.2 Å². The third-order valence-corrected chi connectivity index (χ3v) is 2.93. The van der Waals surface area contributed by atoms with Crippen molar-refractivity contribution < 1.29 is 14.3 Å². The number of benzene rings is 2. The first kappa shape index (κ1) is 14.9. The number of hydrogen-bond acceptors (Lipinski definition) is 4. The monoisotopic (exact) mass is 285 g/mol. The first-order chi connectivity index (χ1) is 10.2. The Hall–Kier alpha value is -2.49. The van der Waals surface area contributed by atoms with Gasteiger partial charge in [0, 0.05) is 11.8 Å². The average Bonchev–Trinajstić information content (AvgIpc) is 2.51. The number of carbonyl (C=O) groups is 1. The standard InChI is InChI=1S/C17H19NO3/c18-15-9-4-10-16(12-15)21-13-17(19)20-11-5-8-14-6-2-1-3-7-14/h1-4,6-7,9-10,12H,5,8,11,13,18H2. The van der Waals surface area contributed by atoms with E-state index < -0.39 is 0 Å². The molecule has 0 aliphatic carbocycles. The van der Waals surface area contributed by atoms with Crippen molar-refractivity contribution in [3.8, 4) is 5.75 Å². The Bertz CT molecular complexity index is 569. The zero-order valence-corrected chi connectivity index (χ0v) is 11.8. The molecule has 0 radical (unpaired) electrons. The molecule has 0 aromatic heterocycles. The maximum absolute atomic E-state index is 11.5. The molecule has 4 nitrogen and oxygen atoms in total. The van der Waals surface area contributed by atoms with Crippen LogP contribution in [0.1, 0.15) is 12.0 Å². The molecule has 0 fully saturated rings. The highest BCUT2D eigenvalue weighted by atomic mass is 16.6. The van der Waals surface area contributed by atoms with Crippen LogP contribution < -0.4 is 10.5 Å². The molecular weight excluding hydrogens is 266 g/mol. The Morgan fingerprint density at radius 3 is 2.62 bits per heavy atom. The second-order valence-corrected chi connectivity index (χ2v) is 4.67. The fourth-order valence-corrected chi connectivity index (χ4v) is 1.90. The lowest BCUT2D eigenvalue weighted by Gasteiger charge is -2.07. The minimum Gasteiger partial charge on any atom is -0.482 e. The lowest BCUT2D eigenvalue weighted by Crippen LogP contribution is -2.15. The molecule has 0 aliphatic rings. The summed E-state index contributed by atoms with van der Waals surface area (Å²) in [6, 6.07) is 17.1. The van der Waals surface area contributed by atoms with E-state index >= 15 is 0 Å². The molecule has 21 heavy (non-hydrogen) atoms. The van der Waals surface area contributed by atoms with Crippen LogP contribution in [0.2, 0.25) is 0 Å². The predicted octanol–water partition coefficient (Wildman–Crippen LogP) is 2.82. The molecule has 0 saturated heterocycles. The van der Waals surface area contributed by atoms with Gasteiger partial charge in [0.25, 0.3) is 0 Å². The second kappa shape index (κ2) is 7.94. The van der Waals surface area contributed by atoms with Crippen molar-refractivity contribution >= 4 is 11.7 Å². The van der Waals surface area contributed by atoms with E-state index in [1.54, 1.807) is 24.3 Å². The fraction of sp³-hybridized carbons (Fsp3) is 0.235. The first-order valence-corrected chi connectivity index (χ1v) is 6.92. The van der Waals surface area contributed by atoms with E-state index in [2.05, 4.69) is 12.1 Å². The Morgan fingerprint density at radius 1 is 1.05 bits per heavy atom. The highest BCUT2D eigenvalue weighted by Gasteiger charge is 2.04. The number of anilines is 1. The number of rotatable bonds is 7. The highest BCUT2D eigenvalue weighted by molar-refractivity contribution is 5.71. The van der Waals surface area contributed by atoms with Gasteiger partial charge in [0.15, 0.2) is 6.61 Å². The normalized spacial score (nSPS) is 10.1. The van der Waals surface area contributed by atoms with Crippen LogP contribution in [0.5, 0.6) is 5.75 Å². The molecular formula is C17H19NO3. The van der Waals surface area contributed by atoms with Crippen molar-refractivity contribution in [2.75, 3.05) is 18.9 Å². The van der Waals surface area contributed by atoms with Gasteiger partial charge in [-0.2, -0.15) is 0 Å². The predicted molar refractivity (Wildman–Crippen MR) is 82.1 cm³/mol. The maximum Gasteiger partial charge on any atom is 0.344 e. The van der Waals surface area contributed by atoms with Gasteiger partial charge in [0.2, 0.25) is 0 Å². The molecule has 2 aromatic rings. The van der Waals surface area contributed by atoms with Gasteiger partial charge in [-0.15, -0.1) is 0 Å². The van der Waals surface area contributed by atoms with Crippen molar-refractivity contribution in [1.29, 1.82) is 0 Å². The van der Waals surface area contributed by atoms with E-state index in [4.69, 9.17) is 15.2 Å². The van der Waals surface area contributed by atoms with E-state index in [1.807, 2.05) is 18.2 Å². The second-order valence-electron chi connectivity index (χ2n) is 4.67. The number of nitrogens with two attached hydrogens (primary N) is 1. The summed E-state index contributed by atoms with van der Waals surface area (Å²) in [7, 11) is 0. The summed E-state index contributed by atoms with van der Waals surface area (Å²) in [6.45, 7) is 0.294. The van der Waals surface area contributed by atoms with Crippen molar-refractivity contribution in [3.63, 3.8) is 0 Å². The quantitative estimate of drug-likeness (QED) is 0.483. The Morgan fingerprint density at radius 2 is 1.86 bits per heavy atom. The fourth-order valence-electron chi connectivity index (χ4n) is 1.90. The lowest BCUT2D eigenvalue weighted by atomic mass is 10.1. The zero-order valence-electron chi connectivity index (χ0n) is 11.8. The van der Waals surface area contributed by atoms with Crippen molar-refractivity contribution in [1.82, 2.24) is 0 Å². The van der Waals surface area contributed by atoms with Crippen LogP contribution in [0.15, 0.2) is 54.6 Å². The minimum absolute atomic E-state index is 0.102. The topological polar surface area (TPSA) is 61.5 Å². The van der Waals surface area contributed by atoms with E-state index in [9.17, 15) is 4.79 Å². The third kappa shape index (κ3) is 5.57. The van der Waals surface area contributed by atoms with E-state index in [0.717, 1.165) is 12.8 Å². The van der Waals surface area contributed by atoms with Crippen LogP contribution in [0.4, 0.5) is 5.69 Å². The zero-order chi connectivity index (χ0) is 14.9. The van der Waals surface area contributed by atoms with Crippen LogP contribution in [0.25, 0.3) is 0 Å². The number of aryl methyl sites for hydroxylation is 1. The molecule has 0 aliphatic heterocycles. The van der Waals surface area contributed by atoms with Gasteiger partial charge in [0.05, 0.1) is 6.61 Å². The van der Waals surface area contributed by atoms with Crippen LogP contribution in [-0.4, -0.2) is 19.2 Å². The van der Waals surface area contributed by atoms with Gasteiger partial charge >= 0.3 is 5.97 Å². The van der Waals surface area contributed by atoms with Gasteiger partial charge in [-0.3, -0.25) is 0 Å². The Labute approximate surface area is 124 Å². The van der Waals surface area contributed by atoms with Crippen LogP contribution >= 0.6 is 0 Å². The lowest BCUT2D eigenvalue weighted by molar-refractivity contribution is -0.146. The first-order valence-electron chi connectivity index (χ1n) is 6.92. The molecule has 2 aromatic carbocycles. The number of esters is 1. The average molecular weight is 285 g/mol. The summed E-state index contributed by atoms with van der Waals surface area (Å²) in [5.74, 6) is 0.196. The van der Waals surface area contributed by atoms with E-state index in [1.165, 1.54) is 5.56 Å². The van der Waals surface area contributed by atoms with Crippen molar-refractivity contribution in [2.45, 2.75) is 12.8 Å². The molecule has 2 rings (SSSR count). The third-order valence-electron chi connectivity index (χ3n) is 2.93. The molecule has 2 N–H and O–H groups in total. The summed E-state index contributed by atoms with van der Waals surface area (Å²) in [5.41, 5.74) is 7.46. The van der Waals surface area contributed by atoms with Crippen molar-refractivity contribution in [3.05, 3.63) is 60.2 Å². The molecule has 4 heteroatoms. The summed E-state index contributed by atoms with van der Waals surface area (Å²) in [4.78, 5) is 11.5. The Balaban J connectivity index is 1.62. The molecule has 0 unspecified atom stereocenters. The summed E-state index contributed by atoms with van der Waals surface area (Å²) in [5, 5.41) is 0. The van der Waals surface area contributed by atoms with Gasteiger partial charge in [-0.25, -0.2) is 4.79 Å². The van der Waals surface area contributed by atoms with E-state index in [0.29, 0.717) is 18.0 Å². The summed E-state index contributed by atoms with van der Waals surface area (Å²) < 4.78 is 10.4. The highest BCUT2D eigenvalue weighted by Crippen LogP contribution is 2.14. The maximum atomic E-state index is 11.5.